The first kappa shape index (κ1) is 12.8. The third-order valence-corrected chi connectivity index (χ3v) is 3.28. The standard InChI is InChI=1S/C11H20F3N/c1-15-7-3-5-9-4-2-6-10(8-9)11(12,13)14/h9-10,15H,2-8H2,1H3. The van der Waals surface area contributed by atoms with Crippen molar-refractivity contribution in [2.45, 2.75) is 44.7 Å². The summed E-state index contributed by atoms with van der Waals surface area (Å²) >= 11 is 0. The van der Waals surface area contributed by atoms with E-state index in [9.17, 15) is 13.2 Å². The highest BCUT2D eigenvalue weighted by Crippen LogP contribution is 2.41. The van der Waals surface area contributed by atoms with Crippen molar-refractivity contribution in [3.05, 3.63) is 0 Å². The lowest BCUT2D eigenvalue weighted by atomic mass is 9.79. The van der Waals surface area contributed by atoms with Crippen LogP contribution < -0.4 is 5.32 Å². The fourth-order valence-electron chi connectivity index (χ4n) is 2.42. The largest absolute Gasteiger partial charge is 0.391 e. The van der Waals surface area contributed by atoms with E-state index in [4.69, 9.17) is 0 Å². The molecule has 1 fully saturated rings. The Kier molecular flexibility index (Phi) is 4.90. The fraction of sp³-hybridized carbons (Fsp3) is 1.00. The van der Waals surface area contributed by atoms with Crippen LogP contribution in [0.1, 0.15) is 38.5 Å². The average molecular weight is 223 g/mol. The third-order valence-electron chi connectivity index (χ3n) is 3.28. The number of hydrogen-bond acceptors (Lipinski definition) is 1. The van der Waals surface area contributed by atoms with E-state index < -0.39 is 12.1 Å². The summed E-state index contributed by atoms with van der Waals surface area (Å²) in [4.78, 5) is 0. The van der Waals surface area contributed by atoms with Crippen LogP contribution >= 0.6 is 0 Å². The average Bonchev–Trinajstić information content (AvgIpc) is 2.17. The molecular weight excluding hydrogens is 203 g/mol. The van der Waals surface area contributed by atoms with Gasteiger partial charge in [-0.25, -0.2) is 0 Å². The van der Waals surface area contributed by atoms with Crippen molar-refractivity contribution in [2.75, 3.05) is 13.6 Å². The summed E-state index contributed by atoms with van der Waals surface area (Å²) in [7, 11) is 1.87. The molecule has 1 aliphatic rings. The Morgan fingerprint density at radius 2 is 2.00 bits per heavy atom. The highest BCUT2D eigenvalue weighted by Gasteiger charge is 2.41. The van der Waals surface area contributed by atoms with Crippen LogP contribution in [0.2, 0.25) is 0 Å². The van der Waals surface area contributed by atoms with Gasteiger partial charge in [0.15, 0.2) is 0 Å². The van der Waals surface area contributed by atoms with Gasteiger partial charge in [0.1, 0.15) is 0 Å². The van der Waals surface area contributed by atoms with Gasteiger partial charge in [-0.15, -0.1) is 0 Å². The second-order valence-electron chi connectivity index (χ2n) is 4.52. The first-order valence-corrected chi connectivity index (χ1v) is 5.75. The lowest BCUT2D eigenvalue weighted by Crippen LogP contribution is -2.29. The molecule has 0 bridgehead atoms. The predicted octanol–water partition coefficient (Wildman–Crippen LogP) is 3.35. The van der Waals surface area contributed by atoms with E-state index in [0.717, 1.165) is 32.2 Å². The number of rotatable bonds is 4. The number of nitrogens with one attached hydrogen (secondary N) is 1. The van der Waals surface area contributed by atoms with E-state index in [2.05, 4.69) is 5.32 Å². The Bertz CT molecular complexity index is 179. The smallest absolute Gasteiger partial charge is 0.320 e. The Morgan fingerprint density at radius 3 is 2.60 bits per heavy atom. The summed E-state index contributed by atoms with van der Waals surface area (Å²) < 4.78 is 37.5. The van der Waals surface area contributed by atoms with Gasteiger partial charge in [-0.3, -0.25) is 0 Å². The molecule has 90 valence electrons. The Labute approximate surface area is 89.4 Å². The highest BCUT2D eigenvalue weighted by molar-refractivity contribution is 4.77. The van der Waals surface area contributed by atoms with Gasteiger partial charge in [-0.05, 0) is 45.2 Å². The van der Waals surface area contributed by atoms with Crippen molar-refractivity contribution in [3.8, 4) is 0 Å². The fourth-order valence-corrected chi connectivity index (χ4v) is 2.42. The van der Waals surface area contributed by atoms with Crippen molar-refractivity contribution < 1.29 is 13.2 Å². The van der Waals surface area contributed by atoms with Gasteiger partial charge in [0.25, 0.3) is 0 Å². The monoisotopic (exact) mass is 223 g/mol. The minimum absolute atomic E-state index is 0.290. The molecular formula is C11H20F3N. The van der Waals surface area contributed by atoms with E-state index in [1.165, 1.54) is 0 Å². The second-order valence-corrected chi connectivity index (χ2v) is 4.52. The summed E-state index contributed by atoms with van der Waals surface area (Å²) in [5, 5.41) is 3.03. The topological polar surface area (TPSA) is 12.0 Å². The maximum absolute atomic E-state index is 12.5. The van der Waals surface area contributed by atoms with E-state index in [-0.39, 0.29) is 0 Å². The van der Waals surface area contributed by atoms with Crippen molar-refractivity contribution in [1.29, 1.82) is 0 Å². The zero-order valence-corrected chi connectivity index (χ0v) is 9.24. The molecule has 1 nitrogen and oxygen atoms in total. The van der Waals surface area contributed by atoms with Crippen LogP contribution in [0.5, 0.6) is 0 Å². The van der Waals surface area contributed by atoms with Crippen LogP contribution in [-0.4, -0.2) is 19.8 Å². The van der Waals surface area contributed by atoms with Crippen molar-refractivity contribution >= 4 is 0 Å². The Morgan fingerprint density at radius 1 is 1.27 bits per heavy atom. The minimum atomic E-state index is -3.97. The minimum Gasteiger partial charge on any atom is -0.320 e. The molecule has 0 aliphatic heterocycles. The predicted molar refractivity (Wildman–Crippen MR) is 54.7 cm³/mol. The van der Waals surface area contributed by atoms with Crippen LogP contribution in [0.25, 0.3) is 0 Å². The zero-order chi connectivity index (χ0) is 11.3. The zero-order valence-electron chi connectivity index (χ0n) is 9.24. The van der Waals surface area contributed by atoms with Gasteiger partial charge in [0.2, 0.25) is 0 Å². The summed E-state index contributed by atoms with van der Waals surface area (Å²) in [5.41, 5.74) is 0. The molecule has 4 heteroatoms. The molecule has 1 rings (SSSR count). The summed E-state index contributed by atoms with van der Waals surface area (Å²) in [5.74, 6) is -0.746. The molecule has 0 aromatic rings. The molecule has 0 heterocycles. The van der Waals surface area contributed by atoms with Gasteiger partial charge < -0.3 is 5.32 Å². The van der Waals surface area contributed by atoms with Crippen LogP contribution in [0.15, 0.2) is 0 Å². The molecule has 0 radical (unpaired) electrons. The molecule has 1 saturated carbocycles. The second kappa shape index (κ2) is 5.73. The molecule has 0 spiro atoms. The first-order valence-electron chi connectivity index (χ1n) is 5.75. The molecule has 2 atom stereocenters. The summed E-state index contributed by atoms with van der Waals surface area (Å²) in [6.45, 7) is 0.910. The van der Waals surface area contributed by atoms with Gasteiger partial charge in [0, 0.05) is 0 Å². The Hall–Kier alpha value is -0.250. The van der Waals surface area contributed by atoms with Crippen molar-refractivity contribution in [2.24, 2.45) is 11.8 Å². The number of halogens is 3. The summed E-state index contributed by atoms with van der Waals surface area (Å²) in [6, 6.07) is 0. The van der Waals surface area contributed by atoms with Gasteiger partial charge in [0.05, 0.1) is 5.92 Å². The molecule has 0 amide bonds. The maximum atomic E-state index is 12.5. The highest BCUT2D eigenvalue weighted by atomic mass is 19.4. The first-order chi connectivity index (χ1) is 7.04. The quantitative estimate of drug-likeness (QED) is 0.721. The summed E-state index contributed by atoms with van der Waals surface area (Å²) in [6.07, 6.45) is 0.380. The van der Waals surface area contributed by atoms with Crippen LogP contribution in [0.4, 0.5) is 13.2 Å². The number of alkyl halides is 3. The lowest BCUT2D eigenvalue weighted by molar-refractivity contribution is -0.185. The molecule has 0 saturated heterocycles. The van der Waals surface area contributed by atoms with Crippen molar-refractivity contribution in [3.63, 3.8) is 0 Å². The molecule has 0 aromatic heterocycles. The van der Waals surface area contributed by atoms with Gasteiger partial charge in [-0.1, -0.05) is 12.8 Å². The normalized spacial score (nSPS) is 28.0. The number of hydrogen-bond donors (Lipinski definition) is 1. The maximum Gasteiger partial charge on any atom is 0.391 e. The molecule has 15 heavy (non-hydrogen) atoms. The Balaban J connectivity index is 2.29. The van der Waals surface area contributed by atoms with Gasteiger partial charge in [-0.2, -0.15) is 13.2 Å². The molecule has 1 N–H and O–H groups in total. The van der Waals surface area contributed by atoms with Crippen molar-refractivity contribution in [1.82, 2.24) is 5.32 Å². The lowest BCUT2D eigenvalue weighted by Gasteiger charge is -2.30. The van der Waals surface area contributed by atoms with E-state index in [0.29, 0.717) is 18.8 Å². The van der Waals surface area contributed by atoms with Crippen LogP contribution in [0.3, 0.4) is 0 Å². The SMILES string of the molecule is CNCCCC1CCCC(C(F)(F)F)C1. The molecule has 1 aliphatic carbocycles. The van der Waals surface area contributed by atoms with E-state index in [1.807, 2.05) is 7.05 Å². The van der Waals surface area contributed by atoms with E-state index in [1.54, 1.807) is 0 Å². The third kappa shape index (κ3) is 4.41. The molecule has 2 unspecified atom stereocenters. The van der Waals surface area contributed by atoms with E-state index >= 15 is 0 Å². The van der Waals surface area contributed by atoms with Crippen LogP contribution in [0, 0.1) is 11.8 Å². The van der Waals surface area contributed by atoms with Gasteiger partial charge >= 0.3 is 6.18 Å². The van der Waals surface area contributed by atoms with Crippen LogP contribution in [-0.2, 0) is 0 Å². The molecule has 0 aromatic carbocycles.